The standard InChI is InChI=1S/C89H152O17P2/c1-5-9-13-17-21-25-29-33-37-39-41-43-47-50-54-58-62-66-70-74-87(92)100-80-84(105-88(93)75-71-67-63-59-55-51-46-36-32-28-24-20-16-12-8-4)81-103-107(95,96)101-77-83(90)78-102-108(97,98)104-82-85(79-99-86(91)73-69-65-61-57-53-49-45-35-31-27-23-19-15-11-7-3)106-89(94)76-72-68-64-60-56-52-48-44-42-40-38-34-30-26-22-18-14-10-6-2/h21-22,25-26,28,32-34,37-38,41-44,50,52,54,56,62,64,66,68,83-85,90H,5-20,23-24,27,29-31,35-36,39-40,45-49,51,53,55,57-61,63,65,67,69-82H2,1-4H3,(H,95,96)(H,97,98)/b25-21-,26-22-,32-28-,37-33-,38-34-,43-41-,44-42-,54-50-,56-52-,66-62-,68-64-/t83-,84-,85-/m1/s1. The molecule has 0 amide bonds. The molecule has 19 heteroatoms. The number of aliphatic hydroxyl groups excluding tert-OH is 1. The highest BCUT2D eigenvalue weighted by Gasteiger charge is 2.30. The largest absolute Gasteiger partial charge is 0.472 e. The Kier molecular flexibility index (Phi) is 76.7. The minimum absolute atomic E-state index is 0.0305. The Balaban J connectivity index is 5.49. The van der Waals surface area contributed by atoms with Gasteiger partial charge in [-0.2, -0.15) is 0 Å². The molecule has 0 aromatic rings. The van der Waals surface area contributed by atoms with Crippen LogP contribution >= 0.6 is 15.6 Å². The third-order valence-electron chi connectivity index (χ3n) is 17.6. The van der Waals surface area contributed by atoms with Gasteiger partial charge in [-0.15, -0.1) is 0 Å². The zero-order valence-electron chi connectivity index (χ0n) is 68.0. The number of carbonyl (C=O) groups is 4. The molecule has 0 bridgehead atoms. The lowest BCUT2D eigenvalue weighted by Crippen LogP contribution is -2.30. The number of hydrogen-bond donors (Lipinski definition) is 3. The van der Waals surface area contributed by atoms with Gasteiger partial charge >= 0.3 is 39.5 Å². The van der Waals surface area contributed by atoms with Crippen LogP contribution in [0.2, 0.25) is 0 Å². The first-order valence-electron chi connectivity index (χ1n) is 42.4. The van der Waals surface area contributed by atoms with Crippen LogP contribution < -0.4 is 0 Å². The van der Waals surface area contributed by atoms with Gasteiger partial charge in [-0.3, -0.25) is 37.3 Å². The van der Waals surface area contributed by atoms with Crippen LogP contribution in [0.3, 0.4) is 0 Å². The first-order valence-corrected chi connectivity index (χ1v) is 45.4. The van der Waals surface area contributed by atoms with Crippen LogP contribution in [0.25, 0.3) is 0 Å². The van der Waals surface area contributed by atoms with Gasteiger partial charge in [0.15, 0.2) is 12.2 Å². The number of phosphoric acid groups is 2. The van der Waals surface area contributed by atoms with Crippen molar-refractivity contribution in [3.05, 3.63) is 134 Å². The Morgan fingerprint density at radius 1 is 0.259 bits per heavy atom. The fourth-order valence-corrected chi connectivity index (χ4v) is 12.7. The maximum atomic E-state index is 13.1. The van der Waals surface area contributed by atoms with Gasteiger partial charge in [0.25, 0.3) is 0 Å². The third kappa shape index (κ3) is 79.3. The monoisotopic (exact) mass is 1560 g/mol. The number of hydrogen-bond acceptors (Lipinski definition) is 15. The van der Waals surface area contributed by atoms with E-state index < -0.39 is 97.5 Å². The van der Waals surface area contributed by atoms with E-state index in [1.54, 1.807) is 0 Å². The number of ether oxygens (including phenoxy) is 4. The Bertz CT molecular complexity index is 2560. The number of rotatable bonds is 79. The van der Waals surface area contributed by atoms with E-state index in [1.807, 2.05) is 30.4 Å². The molecule has 0 aliphatic heterocycles. The second-order valence-electron chi connectivity index (χ2n) is 28.1. The van der Waals surface area contributed by atoms with E-state index in [2.05, 4.69) is 131 Å². The number of phosphoric ester groups is 2. The average Bonchev–Trinajstić information content (AvgIpc) is 0.914. The van der Waals surface area contributed by atoms with Crippen LogP contribution in [0.1, 0.15) is 349 Å². The summed E-state index contributed by atoms with van der Waals surface area (Å²) in [5.41, 5.74) is 0. The molecule has 0 radical (unpaired) electrons. The van der Waals surface area contributed by atoms with Gasteiger partial charge in [0.05, 0.1) is 26.4 Å². The quantitative estimate of drug-likeness (QED) is 0.0169. The Labute approximate surface area is 656 Å². The lowest BCUT2D eigenvalue weighted by molar-refractivity contribution is -0.161. The molecule has 0 rings (SSSR count). The van der Waals surface area contributed by atoms with Crippen molar-refractivity contribution in [3.8, 4) is 0 Å². The molecular weight excluding hydrogens is 1400 g/mol. The molecule has 108 heavy (non-hydrogen) atoms. The lowest BCUT2D eigenvalue weighted by atomic mass is 10.0. The molecule has 0 aromatic heterocycles. The highest BCUT2D eigenvalue weighted by molar-refractivity contribution is 7.47. The van der Waals surface area contributed by atoms with Crippen molar-refractivity contribution in [3.63, 3.8) is 0 Å². The fraction of sp³-hybridized carbons (Fsp3) is 0.708. The molecule has 0 saturated heterocycles. The van der Waals surface area contributed by atoms with E-state index in [4.69, 9.17) is 37.0 Å². The molecule has 620 valence electrons. The first kappa shape index (κ1) is 103. The molecule has 0 fully saturated rings. The summed E-state index contributed by atoms with van der Waals surface area (Å²) < 4.78 is 68.6. The van der Waals surface area contributed by atoms with Crippen molar-refractivity contribution < 1.29 is 80.2 Å². The van der Waals surface area contributed by atoms with Crippen molar-refractivity contribution in [2.24, 2.45) is 0 Å². The summed E-state index contributed by atoms with van der Waals surface area (Å²) in [5.74, 6) is -2.36. The third-order valence-corrected chi connectivity index (χ3v) is 19.5. The molecule has 0 aliphatic rings. The van der Waals surface area contributed by atoms with Gasteiger partial charge in [0.1, 0.15) is 19.3 Å². The minimum atomic E-state index is -5.01. The van der Waals surface area contributed by atoms with Crippen molar-refractivity contribution in [2.75, 3.05) is 39.6 Å². The van der Waals surface area contributed by atoms with Crippen molar-refractivity contribution in [2.45, 2.75) is 367 Å². The van der Waals surface area contributed by atoms with Gasteiger partial charge < -0.3 is 33.8 Å². The number of esters is 4. The van der Waals surface area contributed by atoms with Crippen molar-refractivity contribution >= 4 is 39.5 Å². The summed E-state index contributed by atoms with van der Waals surface area (Å²) >= 11 is 0. The highest BCUT2D eigenvalue weighted by atomic mass is 31.2. The summed E-state index contributed by atoms with van der Waals surface area (Å²) in [6.07, 6.45) is 91.6. The van der Waals surface area contributed by atoms with Crippen LogP contribution in [-0.2, 0) is 65.4 Å². The topological polar surface area (TPSA) is 237 Å². The van der Waals surface area contributed by atoms with Crippen LogP contribution in [0.5, 0.6) is 0 Å². The summed E-state index contributed by atoms with van der Waals surface area (Å²) in [6, 6.07) is 0. The van der Waals surface area contributed by atoms with Crippen molar-refractivity contribution in [1.29, 1.82) is 0 Å². The average molecular weight is 1560 g/mol. The highest BCUT2D eigenvalue weighted by Crippen LogP contribution is 2.45. The summed E-state index contributed by atoms with van der Waals surface area (Å²) in [7, 11) is -10.0. The first-order chi connectivity index (χ1) is 52.7. The van der Waals surface area contributed by atoms with E-state index in [-0.39, 0.29) is 25.7 Å². The Morgan fingerprint density at radius 3 is 0.806 bits per heavy atom. The fourth-order valence-electron chi connectivity index (χ4n) is 11.1. The number of allylic oxidation sites excluding steroid dienone is 22. The van der Waals surface area contributed by atoms with Gasteiger partial charge in [-0.1, -0.05) is 328 Å². The predicted molar refractivity (Wildman–Crippen MR) is 445 cm³/mol. The van der Waals surface area contributed by atoms with E-state index in [9.17, 15) is 43.2 Å². The zero-order chi connectivity index (χ0) is 78.9. The number of unbranched alkanes of at least 4 members (excludes halogenated alkanes) is 31. The number of carbonyl (C=O) groups excluding carboxylic acids is 4. The van der Waals surface area contributed by atoms with E-state index in [0.717, 1.165) is 128 Å². The SMILES string of the molecule is CCCCC/C=C\C/C=C\C/C=C\C/C=C\C/C=C\CCC(=O)OC[C@H](COP(=O)(O)OC[C@@H](O)COP(=O)(O)OC[C@@H](COC(=O)CCCCCCCCCCCCCCCCC)OC(=O)CC/C=C\C/C=C\C/C=C\C/C=C\C/C=C\CCCCC)OC(=O)CCCCCCCCC/C=C\CCCCCC. The molecule has 0 heterocycles. The summed E-state index contributed by atoms with van der Waals surface area (Å²) in [4.78, 5) is 73.1. The van der Waals surface area contributed by atoms with E-state index in [0.29, 0.717) is 38.5 Å². The molecule has 17 nitrogen and oxygen atoms in total. The van der Waals surface area contributed by atoms with Crippen LogP contribution in [0.15, 0.2) is 134 Å². The van der Waals surface area contributed by atoms with Crippen molar-refractivity contribution in [1.82, 2.24) is 0 Å². The molecule has 0 saturated carbocycles. The molecule has 2 unspecified atom stereocenters. The molecule has 0 aliphatic carbocycles. The van der Waals surface area contributed by atoms with E-state index >= 15 is 0 Å². The maximum Gasteiger partial charge on any atom is 0.472 e. The Hall–Kier alpha value is -4.80. The van der Waals surface area contributed by atoms with Crippen LogP contribution in [0.4, 0.5) is 0 Å². The lowest BCUT2D eigenvalue weighted by Gasteiger charge is -2.21. The second-order valence-corrected chi connectivity index (χ2v) is 31.0. The van der Waals surface area contributed by atoms with Crippen LogP contribution in [0, 0.1) is 0 Å². The minimum Gasteiger partial charge on any atom is -0.462 e. The van der Waals surface area contributed by atoms with E-state index in [1.165, 1.54) is 128 Å². The smallest absolute Gasteiger partial charge is 0.462 e. The normalized spacial score (nSPS) is 14.5. The van der Waals surface area contributed by atoms with Gasteiger partial charge in [-0.25, -0.2) is 9.13 Å². The predicted octanol–water partition coefficient (Wildman–Crippen LogP) is 25.2. The molecule has 0 aromatic carbocycles. The summed E-state index contributed by atoms with van der Waals surface area (Å²) in [6.45, 7) is 4.68. The maximum absolute atomic E-state index is 13.1. The Morgan fingerprint density at radius 2 is 0.472 bits per heavy atom. The van der Waals surface area contributed by atoms with Gasteiger partial charge in [-0.05, 0) is 128 Å². The van der Waals surface area contributed by atoms with Gasteiger partial charge in [0.2, 0.25) is 0 Å². The molecular formula is C89H152O17P2. The number of aliphatic hydroxyl groups is 1. The van der Waals surface area contributed by atoms with Crippen LogP contribution in [-0.4, -0.2) is 96.7 Å². The zero-order valence-corrected chi connectivity index (χ0v) is 69.8. The van der Waals surface area contributed by atoms with Gasteiger partial charge in [0, 0.05) is 25.7 Å². The molecule has 5 atom stereocenters. The second kappa shape index (κ2) is 80.3. The molecule has 0 spiro atoms. The summed E-state index contributed by atoms with van der Waals surface area (Å²) in [5, 5.41) is 10.7. The molecule has 3 N–H and O–H groups in total.